The number of benzene rings is 1. The highest BCUT2D eigenvalue weighted by Gasteiger charge is 2.00. The predicted octanol–water partition coefficient (Wildman–Crippen LogP) is 1.62. The Morgan fingerprint density at radius 1 is 1.26 bits per heavy atom. The summed E-state index contributed by atoms with van der Waals surface area (Å²) in [7, 11) is 0. The minimum absolute atomic E-state index is 0.169. The van der Waals surface area contributed by atoms with Crippen molar-refractivity contribution in [2.45, 2.75) is 6.92 Å². The second kappa shape index (κ2) is 7.71. The Hall–Kier alpha value is -2.56. The topological polar surface area (TPSA) is 81.4 Å². The summed E-state index contributed by atoms with van der Waals surface area (Å²) in [6, 6.07) is 6.65. The lowest BCUT2D eigenvalue weighted by molar-refractivity contribution is -0.120. The first kappa shape index (κ1) is 14.5. The maximum absolute atomic E-state index is 11.5. The number of carbonyl (C=O) groups is 2. The molecule has 0 heterocycles. The zero-order valence-corrected chi connectivity index (χ0v) is 10.6. The van der Waals surface area contributed by atoms with Gasteiger partial charge in [0.15, 0.2) is 6.61 Å². The van der Waals surface area contributed by atoms with E-state index in [0.717, 1.165) is 0 Å². The van der Waals surface area contributed by atoms with Crippen molar-refractivity contribution in [3.05, 3.63) is 48.6 Å². The number of nitrogens with one attached hydrogen (secondary N) is 1. The summed E-state index contributed by atoms with van der Waals surface area (Å²) in [6.45, 7) is 1.70. The van der Waals surface area contributed by atoms with Crippen LogP contribution in [0.3, 0.4) is 0 Å². The molecule has 0 aliphatic rings. The van der Waals surface area contributed by atoms with E-state index in [1.807, 2.05) is 13.0 Å². The molecule has 100 valence electrons. The van der Waals surface area contributed by atoms with Crippen molar-refractivity contribution in [3.8, 4) is 5.75 Å². The van der Waals surface area contributed by atoms with Gasteiger partial charge in [-0.3, -0.25) is 9.59 Å². The summed E-state index contributed by atoms with van der Waals surface area (Å²) in [5, 5.41) is 2.69. The van der Waals surface area contributed by atoms with Crippen LogP contribution in [0.1, 0.15) is 6.92 Å². The van der Waals surface area contributed by atoms with Gasteiger partial charge in [-0.1, -0.05) is 18.2 Å². The summed E-state index contributed by atoms with van der Waals surface area (Å²) < 4.78 is 5.10. The summed E-state index contributed by atoms with van der Waals surface area (Å²) >= 11 is 0. The minimum Gasteiger partial charge on any atom is -0.484 e. The second-order valence-corrected chi connectivity index (χ2v) is 3.65. The molecular formula is C14H16N2O3. The highest BCUT2D eigenvalue weighted by molar-refractivity contribution is 5.99. The number of nitrogens with two attached hydrogens (primary N) is 1. The molecule has 19 heavy (non-hydrogen) atoms. The molecule has 0 saturated heterocycles. The lowest BCUT2D eigenvalue weighted by Crippen LogP contribution is -2.20. The average Bonchev–Trinajstić information content (AvgIpc) is 2.38. The van der Waals surface area contributed by atoms with Crippen molar-refractivity contribution in [1.82, 2.24) is 0 Å². The molecule has 0 aliphatic carbocycles. The third-order valence-corrected chi connectivity index (χ3v) is 2.05. The van der Waals surface area contributed by atoms with Crippen molar-refractivity contribution in [3.63, 3.8) is 0 Å². The summed E-state index contributed by atoms with van der Waals surface area (Å²) in [5.74, 6) is -0.239. The van der Waals surface area contributed by atoms with Gasteiger partial charge in [-0.25, -0.2) is 0 Å². The van der Waals surface area contributed by atoms with Crippen LogP contribution in [0.5, 0.6) is 5.75 Å². The van der Waals surface area contributed by atoms with Gasteiger partial charge in [0.1, 0.15) is 5.75 Å². The van der Waals surface area contributed by atoms with E-state index >= 15 is 0 Å². The van der Waals surface area contributed by atoms with E-state index in [9.17, 15) is 9.59 Å². The number of ether oxygens (including phenoxy) is 1. The van der Waals surface area contributed by atoms with Crippen LogP contribution in [0.2, 0.25) is 0 Å². The molecule has 2 amide bonds. The maximum Gasteiger partial charge on any atom is 0.255 e. The minimum atomic E-state index is -0.536. The van der Waals surface area contributed by atoms with Crippen LogP contribution >= 0.6 is 0 Å². The van der Waals surface area contributed by atoms with E-state index in [-0.39, 0.29) is 12.5 Å². The molecule has 1 aromatic rings. The molecule has 5 heteroatoms. The monoisotopic (exact) mass is 260 g/mol. The Kier molecular flexibility index (Phi) is 5.88. The van der Waals surface area contributed by atoms with Gasteiger partial charge in [0.2, 0.25) is 5.91 Å². The average molecular weight is 260 g/mol. The van der Waals surface area contributed by atoms with Crippen molar-refractivity contribution < 1.29 is 14.3 Å². The van der Waals surface area contributed by atoms with Crippen LogP contribution in [0, 0.1) is 0 Å². The van der Waals surface area contributed by atoms with Gasteiger partial charge in [0, 0.05) is 11.8 Å². The van der Waals surface area contributed by atoms with E-state index < -0.39 is 5.91 Å². The molecule has 0 radical (unpaired) electrons. The molecule has 1 aromatic carbocycles. The smallest absolute Gasteiger partial charge is 0.255 e. The molecule has 0 atom stereocenters. The van der Waals surface area contributed by atoms with E-state index in [2.05, 4.69) is 5.32 Å². The molecule has 0 unspecified atom stereocenters. The van der Waals surface area contributed by atoms with Crippen LogP contribution in [0.25, 0.3) is 0 Å². The third-order valence-electron chi connectivity index (χ3n) is 2.05. The van der Waals surface area contributed by atoms with Crippen LogP contribution < -0.4 is 15.8 Å². The van der Waals surface area contributed by atoms with Crippen LogP contribution in [-0.4, -0.2) is 18.4 Å². The first-order valence-electron chi connectivity index (χ1n) is 5.73. The summed E-state index contributed by atoms with van der Waals surface area (Å²) in [4.78, 5) is 22.0. The van der Waals surface area contributed by atoms with E-state index in [1.165, 1.54) is 6.08 Å². The Labute approximate surface area is 111 Å². The van der Waals surface area contributed by atoms with Crippen molar-refractivity contribution in [2.24, 2.45) is 5.73 Å². The molecule has 0 aliphatic heterocycles. The number of hydrogen-bond donors (Lipinski definition) is 2. The van der Waals surface area contributed by atoms with Crippen LogP contribution in [-0.2, 0) is 9.59 Å². The van der Waals surface area contributed by atoms with Gasteiger partial charge in [-0.15, -0.1) is 0 Å². The molecule has 0 spiro atoms. The van der Waals surface area contributed by atoms with E-state index in [1.54, 1.807) is 36.4 Å². The number of carbonyl (C=O) groups excluding carboxylic acids is 2. The number of hydrogen-bond acceptors (Lipinski definition) is 3. The number of primary amides is 1. The van der Waals surface area contributed by atoms with Gasteiger partial charge in [0.25, 0.3) is 5.91 Å². The summed E-state index contributed by atoms with van der Waals surface area (Å²) in [5.41, 5.74) is 5.60. The Bertz CT molecular complexity index is 490. The molecule has 0 fully saturated rings. The van der Waals surface area contributed by atoms with Gasteiger partial charge in [0.05, 0.1) is 0 Å². The Balaban J connectivity index is 2.52. The Morgan fingerprint density at radius 3 is 2.53 bits per heavy atom. The van der Waals surface area contributed by atoms with Crippen molar-refractivity contribution >= 4 is 17.5 Å². The summed E-state index contributed by atoms with van der Waals surface area (Å²) in [6.07, 6.45) is 6.67. The molecule has 3 N–H and O–H groups in total. The molecule has 5 nitrogen and oxygen atoms in total. The normalized spacial score (nSPS) is 10.8. The first-order valence-corrected chi connectivity index (χ1v) is 5.73. The highest BCUT2D eigenvalue weighted by Crippen LogP contribution is 2.15. The zero-order valence-electron chi connectivity index (χ0n) is 10.6. The Morgan fingerprint density at radius 2 is 1.95 bits per heavy atom. The van der Waals surface area contributed by atoms with Crippen molar-refractivity contribution in [1.29, 1.82) is 0 Å². The predicted molar refractivity (Wildman–Crippen MR) is 73.7 cm³/mol. The third kappa shape index (κ3) is 6.07. The molecular weight excluding hydrogens is 244 g/mol. The molecule has 1 rings (SSSR count). The fourth-order valence-electron chi connectivity index (χ4n) is 1.23. The lowest BCUT2D eigenvalue weighted by Gasteiger charge is -2.05. The fraction of sp³-hybridized carbons (Fsp3) is 0.143. The maximum atomic E-state index is 11.5. The van der Waals surface area contributed by atoms with Gasteiger partial charge >= 0.3 is 0 Å². The second-order valence-electron chi connectivity index (χ2n) is 3.65. The van der Waals surface area contributed by atoms with Gasteiger partial charge in [-0.05, 0) is 31.2 Å². The molecule has 0 saturated carbocycles. The fourth-order valence-corrected chi connectivity index (χ4v) is 1.23. The van der Waals surface area contributed by atoms with E-state index in [0.29, 0.717) is 11.4 Å². The highest BCUT2D eigenvalue weighted by atomic mass is 16.5. The quantitative estimate of drug-likeness (QED) is 0.602. The molecule has 0 aromatic heterocycles. The standard InChI is InChI=1S/C14H16N2O3/c1-2-3-4-5-14(18)16-11-6-8-12(9-7-11)19-10-13(15)17/h2-9H,10H2,1H3,(H2,15,17)(H,16,18). The number of amides is 2. The van der Waals surface area contributed by atoms with Gasteiger partial charge < -0.3 is 15.8 Å². The SMILES string of the molecule is CC=CC=CC(=O)Nc1ccc(OCC(N)=O)cc1. The van der Waals surface area contributed by atoms with E-state index in [4.69, 9.17) is 10.5 Å². The first-order chi connectivity index (χ1) is 9.11. The number of allylic oxidation sites excluding steroid dienone is 3. The lowest BCUT2D eigenvalue weighted by atomic mass is 10.3. The largest absolute Gasteiger partial charge is 0.484 e. The molecule has 0 bridgehead atoms. The number of rotatable bonds is 6. The number of anilines is 1. The van der Waals surface area contributed by atoms with Crippen LogP contribution in [0.15, 0.2) is 48.6 Å². The van der Waals surface area contributed by atoms with Crippen molar-refractivity contribution in [2.75, 3.05) is 11.9 Å². The zero-order chi connectivity index (χ0) is 14.1. The van der Waals surface area contributed by atoms with Crippen LogP contribution in [0.4, 0.5) is 5.69 Å². The van der Waals surface area contributed by atoms with Gasteiger partial charge in [-0.2, -0.15) is 0 Å².